The molecule has 1 aliphatic rings. The van der Waals surface area contributed by atoms with Crippen LogP contribution in [-0.2, 0) is 16.1 Å². The van der Waals surface area contributed by atoms with E-state index in [9.17, 15) is 9.59 Å². The molecule has 0 saturated carbocycles. The molecule has 0 aliphatic carbocycles. The van der Waals surface area contributed by atoms with Gasteiger partial charge in [0, 0.05) is 13.1 Å². The predicted octanol–water partition coefficient (Wildman–Crippen LogP) is 1.54. The van der Waals surface area contributed by atoms with Gasteiger partial charge >= 0.3 is 12.1 Å². The van der Waals surface area contributed by atoms with Gasteiger partial charge in [-0.15, -0.1) is 0 Å². The Balaban J connectivity index is 1.94. The number of carboxylic acid groups (broad SMARTS) is 1. The van der Waals surface area contributed by atoms with Gasteiger partial charge in [-0.05, 0) is 27.7 Å². The van der Waals surface area contributed by atoms with E-state index in [1.165, 1.54) is 4.90 Å². The van der Waals surface area contributed by atoms with Gasteiger partial charge in [0.05, 0.1) is 24.7 Å². The smallest absolute Gasteiger partial charge is 0.410 e. The van der Waals surface area contributed by atoms with Crippen molar-refractivity contribution in [1.82, 2.24) is 15.2 Å². The molecule has 2 N–H and O–H groups in total. The molecule has 8 nitrogen and oxygen atoms in total. The molecule has 0 spiro atoms. The van der Waals surface area contributed by atoms with Crippen LogP contribution >= 0.6 is 0 Å². The zero-order chi connectivity index (χ0) is 17.3. The van der Waals surface area contributed by atoms with Crippen LogP contribution < -0.4 is 5.32 Å². The fourth-order valence-corrected chi connectivity index (χ4v) is 2.46. The molecule has 1 aliphatic heterocycles. The molecule has 0 aromatic carbocycles. The lowest BCUT2D eigenvalue weighted by Crippen LogP contribution is -2.71. The van der Waals surface area contributed by atoms with Crippen LogP contribution in [-0.4, -0.2) is 51.3 Å². The second-order valence-corrected chi connectivity index (χ2v) is 6.91. The first-order valence-corrected chi connectivity index (χ1v) is 7.45. The summed E-state index contributed by atoms with van der Waals surface area (Å²) < 4.78 is 10.7. The van der Waals surface area contributed by atoms with Gasteiger partial charge in [0.15, 0.2) is 0 Å². The fraction of sp³-hybridized carbons (Fsp3) is 0.667. The minimum Gasteiger partial charge on any atom is -0.481 e. The summed E-state index contributed by atoms with van der Waals surface area (Å²) in [5, 5.41) is 12.3. The van der Waals surface area contributed by atoms with E-state index in [-0.39, 0.29) is 19.5 Å². The number of hydrogen-bond acceptors (Lipinski definition) is 6. The van der Waals surface area contributed by atoms with Crippen molar-refractivity contribution in [2.75, 3.05) is 13.1 Å². The van der Waals surface area contributed by atoms with E-state index in [1.807, 2.05) is 0 Å². The Morgan fingerprint density at radius 3 is 2.61 bits per heavy atom. The quantitative estimate of drug-likeness (QED) is 0.846. The molecule has 128 valence electrons. The Kier molecular flexibility index (Phi) is 4.65. The summed E-state index contributed by atoms with van der Waals surface area (Å²) in [5.41, 5.74) is -1.27. The molecule has 1 aromatic rings. The van der Waals surface area contributed by atoms with Crippen molar-refractivity contribution in [3.05, 3.63) is 17.8 Å². The van der Waals surface area contributed by atoms with Crippen molar-refractivity contribution < 1.29 is 23.8 Å². The van der Waals surface area contributed by atoms with Crippen molar-refractivity contribution in [2.24, 2.45) is 0 Å². The summed E-state index contributed by atoms with van der Waals surface area (Å²) in [6.45, 7) is 8.01. The number of rotatable bonds is 5. The van der Waals surface area contributed by atoms with E-state index in [0.29, 0.717) is 18.2 Å². The molecule has 0 atom stereocenters. The minimum absolute atomic E-state index is 0.0913. The number of aryl methyl sites for hydroxylation is 1. The second-order valence-electron chi connectivity index (χ2n) is 6.91. The zero-order valence-electron chi connectivity index (χ0n) is 13.9. The highest BCUT2D eigenvalue weighted by atomic mass is 16.6. The normalized spacial score (nSPS) is 16.8. The largest absolute Gasteiger partial charge is 0.481 e. The molecule has 0 unspecified atom stereocenters. The Hall–Kier alpha value is -2.09. The Morgan fingerprint density at radius 2 is 2.13 bits per heavy atom. The van der Waals surface area contributed by atoms with Crippen molar-refractivity contribution in [2.45, 2.75) is 51.8 Å². The number of oxazole rings is 1. The summed E-state index contributed by atoms with van der Waals surface area (Å²) in [5.74, 6) is 0.256. The van der Waals surface area contributed by atoms with Gasteiger partial charge in [0.2, 0.25) is 5.89 Å². The number of nitrogens with one attached hydrogen (secondary N) is 1. The second kappa shape index (κ2) is 6.19. The molecular formula is C15H23N3O5. The number of nitrogens with zero attached hydrogens (tertiary/aromatic N) is 2. The van der Waals surface area contributed by atoms with Crippen LogP contribution in [0.1, 0.15) is 38.8 Å². The molecular weight excluding hydrogens is 302 g/mol. The Morgan fingerprint density at radius 1 is 1.48 bits per heavy atom. The molecule has 23 heavy (non-hydrogen) atoms. The molecule has 1 aromatic heterocycles. The van der Waals surface area contributed by atoms with Gasteiger partial charge in [-0.25, -0.2) is 9.78 Å². The van der Waals surface area contributed by atoms with Crippen molar-refractivity contribution in [1.29, 1.82) is 0 Å². The summed E-state index contributed by atoms with van der Waals surface area (Å²) in [6.07, 6.45) is 1.08. The van der Waals surface area contributed by atoms with E-state index in [2.05, 4.69) is 10.3 Å². The molecule has 0 radical (unpaired) electrons. The maximum atomic E-state index is 12.0. The van der Waals surface area contributed by atoms with Crippen LogP contribution in [0.15, 0.2) is 10.6 Å². The van der Waals surface area contributed by atoms with Crippen molar-refractivity contribution >= 4 is 12.1 Å². The van der Waals surface area contributed by atoms with Crippen LogP contribution in [0.5, 0.6) is 0 Å². The summed E-state index contributed by atoms with van der Waals surface area (Å²) in [6, 6.07) is 0. The lowest BCUT2D eigenvalue weighted by Gasteiger charge is -2.49. The van der Waals surface area contributed by atoms with E-state index < -0.39 is 23.2 Å². The van der Waals surface area contributed by atoms with Gasteiger partial charge in [0.1, 0.15) is 11.4 Å². The standard InChI is InChI=1S/C15H23N3O5/c1-10-6-16-11(22-10)7-17-15(5-12(19)20)8-18(9-15)13(21)23-14(2,3)4/h6,17H,5,7-9H2,1-4H3,(H,19,20). The van der Waals surface area contributed by atoms with E-state index in [0.717, 1.165) is 0 Å². The first-order valence-electron chi connectivity index (χ1n) is 7.45. The number of carboxylic acids is 1. The predicted molar refractivity (Wildman–Crippen MR) is 80.9 cm³/mol. The first-order chi connectivity index (χ1) is 10.6. The average molecular weight is 325 g/mol. The number of aliphatic carboxylic acids is 1. The van der Waals surface area contributed by atoms with E-state index in [4.69, 9.17) is 14.3 Å². The maximum absolute atomic E-state index is 12.0. The highest BCUT2D eigenvalue weighted by Gasteiger charge is 2.47. The molecule has 8 heteroatoms. The van der Waals surface area contributed by atoms with Crippen LogP contribution in [0.2, 0.25) is 0 Å². The fourth-order valence-electron chi connectivity index (χ4n) is 2.46. The number of carbonyl (C=O) groups excluding carboxylic acids is 1. The SMILES string of the molecule is Cc1cnc(CNC2(CC(=O)O)CN(C(=O)OC(C)(C)C)C2)o1. The lowest BCUT2D eigenvalue weighted by molar-refractivity contribution is -0.141. The topological polar surface area (TPSA) is 105 Å². The number of carbonyl (C=O) groups is 2. The minimum atomic E-state index is -0.926. The molecule has 1 amide bonds. The summed E-state index contributed by atoms with van der Waals surface area (Å²) >= 11 is 0. The first kappa shape index (κ1) is 17.3. The van der Waals surface area contributed by atoms with Crippen LogP contribution in [0.25, 0.3) is 0 Å². The Bertz CT molecular complexity index is 584. The number of ether oxygens (including phenoxy) is 1. The zero-order valence-corrected chi connectivity index (χ0v) is 13.9. The monoisotopic (exact) mass is 325 g/mol. The summed E-state index contributed by atoms with van der Waals surface area (Å²) in [7, 11) is 0. The van der Waals surface area contributed by atoms with Crippen LogP contribution in [0.3, 0.4) is 0 Å². The van der Waals surface area contributed by atoms with Gasteiger partial charge in [-0.2, -0.15) is 0 Å². The number of hydrogen-bond donors (Lipinski definition) is 2. The molecule has 2 heterocycles. The molecule has 0 bridgehead atoms. The van der Waals surface area contributed by atoms with Crippen molar-refractivity contribution in [3.63, 3.8) is 0 Å². The third-order valence-corrected chi connectivity index (χ3v) is 3.41. The van der Waals surface area contributed by atoms with E-state index >= 15 is 0 Å². The third-order valence-electron chi connectivity index (χ3n) is 3.41. The molecule has 1 fully saturated rings. The van der Waals surface area contributed by atoms with E-state index in [1.54, 1.807) is 33.9 Å². The van der Waals surface area contributed by atoms with Crippen LogP contribution in [0.4, 0.5) is 4.79 Å². The van der Waals surface area contributed by atoms with Gasteiger partial charge < -0.3 is 19.2 Å². The number of aromatic nitrogens is 1. The summed E-state index contributed by atoms with van der Waals surface area (Å²) in [4.78, 5) is 28.7. The third kappa shape index (κ3) is 4.69. The lowest BCUT2D eigenvalue weighted by atomic mass is 9.86. The van der Waals surface area contributed by atoms with Crippen molar-refractivity contribution in [3.8, 4) is 0 Å². The molecule has 1 saturated heterocycles. The number of likely N-dealkylation sites (tertiary alicyclic amines) is 1. The van der Waals surface area contributed by atoms with Gasteiger partial charge in [-0.3, -0.25) is 10.1 Å². The number of amides is 1. The van der Waals surface area contributed by atoms with Gasteiger partial charge in [0.25, 0.3) is 0 Å². The molecule has 2 rings (SSSR count). The van der Waals surface area contributed by atoms with Crippen LogP contribution in [0, 0.1) is 6.92 Å². The van der Waals surface area contributed by atoms with Gasteiger partial charge in [-0.1, -0.05) is 0 Å². The Labute approximate surface area is 134 Å². The highest BCUT2D eigenvalue weighted by molar-refractivity contribution is 5.73. The highest BCUT2D eigenvalue weighted by Crippen LogP contribution is 2.27. The average Bonchev–Trinajstić information content (AvgIpc) is 2.75. The maximum Gasteiger partial charge on any atom is 0.410 e.